The molecule has 132 valence electrons. The summed E-state index contributed by atoms with van der Waals surface area (Å²) < 4.78 is 5.65. The number of carbonyl (C=O) groups excluding carboxylic acids is 1. The van der Waals surface area contributed by atoms with E-state index in [0.29, 0.717) is 17.9 Å². The number of carboxylic acids is 1. The Labute approximate surface area is 147 Å². The normalized spacial score (nSPS) is 10.3. The van der Waals surface area contributed by atoms with Gasteiger partial charge in [0.05, 0.1) is 18.6 Å². The number of nitrogens with one attached hydrogen (secondary N) is 1. The third-order valence-corrected chi connectivity index (χ3v) is 3.84. The first-order valence-electron chi connectivity index (χ1n) is 8.35. The molecule has 0 unspecified atom stereocenters. The molecule has 2 aromatic carbocycles. The lowest BCUT2D eigenvalue weighted by atomic mass is 10.0. The molecule has 2 N–H and O–H groups in total. The first-order chi connectivity index (χ1) is 12.0. The van der Waals surface area contributed by atoms with Gasteiger partial charge in [0.2, 0.25) is 5.91 Å². The van der Waals surface area contributed by atoms with Crippen LogP contribution in [0.3, 0.4) is 0 Å². The number of unbranched alkanes of at least 4 members (excludes halogenated alkanes) is 1. The molecule has 0 atom stereocenters. The van der Waals surface area contributed by atoms with Gasteiger partial charge in [-0.15, -0.1) is 0 Å². The van der Waals surface area contributed by atoms with Crippen LogP contribution in [0.25, 0.3) is 0 Å². The summed E-state index contributed by atoms with van der Waals surface area (Å²) in [5, 5.41) is 12.0. The SMILES string of the molecule is CCCCOc1ccc(NC(=O)Cc2ccccc2C(=O)O)c(C)c1. The largest absolute Gasteiger partial charge is 0.494 e. The number of aryl methyl sites for hydroxylation is 1. The molecule has 2 aromatic rings. The first-order valence-corrected chi connectivity index (χ1v) is 8.35. The Kier molecular flexibility index (Phi) is 6.57. The average molecular weight is 341 g/mol. The van der Waals surface area contributed by atoms with E-state index in [-0.39, 0.29) is 17.9 Å². The number of aromatic carboxylic acids is 1. The smallest absolute Gasteiger partial charge is 0.335 e. The van der Waals surface area contributed by atoms with Crippen molar-refractivity contribution in [1.82, 2.24) is 0 Å². The average Bonchev–Trinajstić information content (AvgIpc) is 2.58. The van der Waals surface area contributed by atoms with E-state index in [4.69, 9.17) is 4.74 Å². The van der Waals surface area contributed by atoms with E-state index in [0.717, 1.165) is 24.2 Å². The molecule has 0 aliphatic carbocycles. The van der Waals surface area contributed by atoms with Crippen LogP contribution in [0, 0.1) is 6.92 Å². The van der Waals surface area contributed by atoms with Crippen molar-refractivity contribution >= 4 is 17.6 Å². The molecule has 5 nitrogen and oxygen atoms in total. The Bertz CT molecular complexity index is 755. The number of rotatable bonds is 8. The predicted molar refractivity (Wildman–Crippen MR) is 97.3 cm³/mol. The molecule has 0 aliphatic rings. The Morgan fingerprint density at radius 2 is 1.92 bits per heavy atom. The highest BCUT2D eigenvalue weighted by Crippen LogP contribution is 2.22. The second kappa shape index (κ2) is 8.87. The predicted octanol–water partition coefficient (Wildman–Crippen LogP) is 4.05. The fourth-order valence-electron chi connectivity index (χ4n) is 2.45. The van der Waals surface area contributed by atoms with Gasteiger partial charge < -0.3 is 15.2 Å². The topological polar surface area (TPSA) is 75.6 Å². The summed E-state index contributed by atoms with van der Waals surface area (Å²) in [4.78, 5) is 23.5. The Balaban J connectivity index is 2.02. The summed E-state index contributed by atoms with van der Waals surface area (Å²) in [5.74, 6) is -0.509. The van der Waals surface area contributed by atoms with Gasteiger partial charge in [-0.25, -0.2) is 4.79 Å². The van der Waals surface area contributed by atoms with Gasteiger partial charge >= 0.3 is 5.97 Å². The second-order valence-corrected chi connectivity index (χ2v) is 5.87. The van der Waals surface area contributed by atoms with Crippen LogP contribution < -0.4 is 10.1 Å². The van der Waals surface area contributed by atoms with Gasteiger partial charge in [0, 0.05) is 5.69 Å². The lowest BCUT2D eigenvalue weighted by molar-refractivity contribution is -0.115. The summed E-state index contributed by atoms with van der Waals surface area (Å²) in [5.41, 5.74) is 2.23. The fourth-order valence-corrected chi connectivity index (χ4v) is 2.45. The van der Waals surface area contributed by atoms with Crippen LogP contribution in [0.15, 0.2) is 42.5 Å². The van der Waals surface area contributed by atoms with Gasteiger partial charge in [-0.3, -0.25) is 4.79 Å². The first kappa shape index (κ1) is 18.5. The molecule has 0 saturated heterocycles. The number of ether oxygens (including phenoxy) is 1. The van der Waals surface area contributed by atoms with Crippen molar-refractivity contribution in [2.75, 3.05) is 11.9 Å². The summed E-state index contributed by atoms with van der Waals surface area (Å²) in [6.07, 6.45) is 2.09. The molecule has 0 saturated carbocycles. The minimum absolute atomic E-state index is 0.0106. The third-order valence-electron chi connectivity index (χ3n) is 3.84. The van der Waals surface area contributed by atoms with Gasteiger partial charge in [-0.2, -0.15) is 0 Å². The lowest BCUT2D eigenvalue weighted by Crippen LogP contribution is -2.17. The van der Waals surface area contributed by atoms with E-state index in [1.165, 1.54) is 6.07 Å². The maximum Gasteiger partial charge on any atom is 0.335 e. The van der Waals surface area contributed by atoms with Crippen LogP contribution in [0.5, 0.6) is 5.75 Å². The molecule has 0 spiro atoms. The van der Waals surface area contributed by atoms with Gasteiger partial charge in [0.1, 0.15) is 5.75 Å². The van der Waals surface area contributed by atoms with Gasteiger partial charge in [-0.05, 0) is 48.7 Å². The Morgan fingerprint density at radius 3 is 2.60 bits per heavy atom. The molecular weight excluding hydrogens is 318 g/mol. The summed E-state index contributed by atoms with van der Waals surface area (Å²) in [7, 11) is 0. The van der Waals surface area contributed by atoms with E-state index in [9.17, 15) is 14.7 Å². The quantitative estimate of drug-likeness (QED) is 0.710. The maximum absolute atomic E-state index is 12.3. The van der Waals surface area contributed by atoms with Crippen LogP contribution in [0.2, 0.25) is 0 Å². The monoisotopic (exact) mass is 341 g/mol. The maximum atomic E-state index is 12.3. The van der Waals surface area contributed by atoms with Crippen LogP contribution in [0.4, 0.5) is 5.69 Å². The zero-order valence-corrected chi connectivity index (χ0v) is 14.5. The van der Waals surface area contributed by atoms with Gasteiger partial charge in [-0.1, -0.05) is 31.5 Å². The number of carboxylic acid groups (broad SMARTS) is 1. The van der Waals surface area contributed by atoms with Crippen LogP contribution in [0.1, 0.15) is 41.3 Å². The molecule has 0 bridgehead atoms. The van der Waals surface area contributed by atoms with Crippen molar-refractivity contribution in [3.8, 4) is 5.75 Å². The van der Waals surface area contributed by atoms with Crippen LogP contribution in [-0.4, -0.2) is 23.6 Å². The number of benzene rings is 2. The lowest BCUT2D eigenvalue weighted by Gasteiger charge is -2.12. The van der Waals surface area contributed by atoms with Crippen LogP contribution >= 0.6 is 0 Å². The minimum atomic E-state index is -1.03. The highest BCUT2D eigenvalue weighted by atomic mass is 16.5. The van der Waals surface area contributed by atoms with Gasteiger partial charge in [0.15, 0.2) is 0 Å². The van der Waals surface area contributed by atoms with Crippen LogP contribution in [-0.2, 0) is 11.2 Å². The molecule has 0 aliphatic heterocycles. The van der Waals surface area contributed by atoms with Crippen molar-refractivity contribution in [3.05, 3.63) is 59.2 Å². The molecule has 0 radical (unpaired) electrons. The number of hydrogen-bond acceptors (Lipinski definition) is 3. The number of carbonyl (C=O) groups is 2. The van der Waals surface area contributed by atoms with E-state index in [2.05, 4.69) is 12.2 Å². The molecule has 1 amide bonds. The third kappa shape index (κ3) is 5.35. The summed E-state index contributed by atoms with van der Waals surface area (Å²) >= 11 is 0. The molecule has 5 heteroatoms. The Morgan fingerprint density at radius 1 is 1.16 bits per heavy atom. The molecule has 0 heterocycles. The molecule has 0 aromatic heterocycles. The van der Waals surface area contributed by atoms with E-state index in [1.54, 1.807) is 24.3 Å². The van der Waals surface area contributed by atoms with Crippen molar-refractivity contribution in [1.29, 1.82) is 0 Å². The Hall–Kier alpha value is -2.82. The van der Waals surface area contributed by atoms with Crippen molar-refractivity contribution < 1.29 is 19.4 Å². The highest BCUT2D eigenvalue weighted by Gasteiger charge is 2.13. The second-order valence-electron chi connectivity index (χ2n) is 5.87. The summed E-state index contributed by atoms with van der Waals surface area (Å²) in [6.45, 7) is 4.68. The van der Waals surface area contributed by atoms with Crippen molar-refractivity contribution in [2.24, 2.45) is 0 Å². The van der Waals surface area contributed by atoms with E-state index < -0.39 is 5.97 Å². The van der Waals surface area contributed by atoms with E-state index in [1.807, 2.05) is 19.1 Å². The molecule has 25 heavy (non-hydrogen) atoms. The molecular formula is C20H23NO4. The number of hydrogen-bond donors (Lipinski definition) is 2. The standard InChI is InChI=1S/C20H23NO4/c1-3-4-11-25-16-9-10-18(14(2)12-16)21-19(22)13-15-7-5-6-8-17(15)20(23)24/h5-10,12H,3-4,11,13H2,1-2H3,(H,21,22)(H,23,24). The molecule has 0 fully saturated rings. The number of amides is 1. The zero-order valence-electron chi connectivity index (χ0n) is 14.5. The van der Waals surface area contributed by atoms with Gasteiger partial charge in [0.25, 0.3) is 0 Å². The molecule has 2 rings (SSSR count). The fraction of sp³-hybridized carbons (Fsp3) is 0.300. The van der Waals surface area contributed by atoms with Crippen molar-refractivity contribution in [3.63, 3.8) is 0 Å². The zero-order chi connectivity index (χ0) is 18.2. The number of anilines is 1. The van der Waals surface area contributed by atoms with Crippen molar-refractivity contribution in [2.45, 2.75) is 33.1 Å². The van der Waals surface area contributed by atoms with E-state index >= 15 is 0 Å². The summed E-state index contributed by atoms with van der Waals surface area (Å²) in [6, 6.07) is 12.0. The highest BCUT2D eigenvalue weighted by molar-refractivity contribution is 5.96. The minimum Gasteiger partial charge on any atom is -0.494 e.